The number of carbonyl (C=O) groups excluding carboxylic acids is 1. The highest BCUT2D eigenvalue weighted by Gasteiger charge is 2.15. The van der Waals surface area contributed by atoms with Crippen LogP contribution in [-0.2, 0) is 0 Å². The molecule has 0 aromatic carbocycles. The highest BCUT2D eigenvalue weighted by atomic mass is 35.5. The summed E-state index contributed by atoms with van der Waals surface area (Å²) in [6.07, 6.45) is 1.98. The molecule has 100 valence electrons. The summed E-state index contributed by atoms with van der Waals surface area (Å²) < 4.78 is 0. The molecule has 0 aliphatic rings. The quantitative estimate of drug-likeness (QED) is 0.904. The van der Waals surface area contributed by atoms with Crippen LogP contribution in [0.1, 0.15) is 44.0 Å². The van der Waals surface area contributed by atoms with E-state index in [4.69, 9.17) is 23.2 Å². The Morgan fingerprint density at radius 1 is 1.28 bits per heavy atom. The van der Waals surface area contributed by atoms with Crippen LogP contribution in [-0.4, -0.2) is 22.1 Å². The maximum absolute atomic E-state index is 12.0. The number of hydrogen-bond acceptors (Lipinski definition) is 3. The van der Waals surface area contributed by atoms with Crippen LogP contribution in [0.15, 0.2) is 6.07 Å². The molecule has 0 saturated carbocycles. The molecule has 1 atom stereocenters. The monoisotopic (exact) mass is 289 g/mol. The van der Waals surface area contributed by atoms with E-state index >= 15 is 0 Å². The summed E-state index contributed by atoms with van der Waals surface area (Å²) in [6.45, 7) is 6.26. The Kier molecular flexibility index (Phi) is 5.82. The molecule has 1 rings (SSSR count). The third-order valence-corrected chi connectivity index (χ3v) is 2.98. The maximum atomic E-state index is 12.0. The Morgan fingerprint density at radius 2 is 1.94 bits per heavy atom. The molecule has 0 saturated heterocycles. The van der Waals surface area contributed by atoms with Gasteiger partial charge in [-0.05, 0) is 31.7 Å². The smallest absolute Gasteiger partial charge is 0.254 e. The zero-order chi connectivity index (χ0) is 13.7. The first kappa shape index (κ1) is 15.2. The zero-order valence-electron chi connectivity index (χ0n) is 10.7. The summed E-state index contributed by atoms with van der Waals surface area (Å²) in [5.74, 6) is 0.345. The van der Waals surface area contributed by atoms with Crippen molar-refractivity contribution < 1.29 is 4.79 Å². The first-order valence-corrected chi connectivity index (χ1v) is 6.65. The number of aromatic nitrogens is 2. The lowest BCUT2D eigenvalue weighted by atomic mass is 10.0. The fourth-order valence-electron chi connectivity index (χ4n) is 1.47. The zero-order valence-corrected chi connectivity index (χ0v) is 12.2. The first-order valence-electron chi connectivity index (χ1n) is 5.89. The lowest BCUT2D eigenvalue weighted by molar-refractivity contribution is 0.0937. The van der Waals surface area contributed by atoms with Gasteiger partial charge in [0.05, 0.1) is 5.56 Å². The van der Waals surface area contributed by atoms with Gasteiger partial charge >= 0.3 is 0 Å². The maximum Gasteiger partial charge on any atom is 0.254 e. The first-order chi connectivity index (χ1) is 8.40. The second-order valence-electron chi connectivity index (χ2n) is 4.72. The van der Waals surface area contributed by atoms with Gasteiger partial charge in [0.25, 0.3) is 5.91 Å². The summed E-state index contributed by atoms with van der Waals surface area (Å²) in [4.78, 5) is 12.0. The van der Waals surface area contributed by atoms with E-state index in [0.717, 1.165) is 12.8 Å². The number of halogens is 2. The molecule has 1 aromatic rings. The molecule has 1 aromatic heterocycles. The molecule has 1 N–H and O–H groups in total. The van der Waals surface area contributed by atoms with Gasteiger partial charge in [0.1, 0.15) is 0 Å². The fourth-order valence-corrected chi connectivity index (χ4v) is 1.79. The van der Waals surface area contributed by atoms with Gasteiger partial charge in [0, 0.05) is 6.04 Å². The Morgan fingerprint density at radius 3 is 2.56 bits per heavy atom. The van der Waals surface area contributed by atoms with Crippen molar-refractivity contribution in [1.82, 2.24) is 15.5 Å². The third-order valence-electron chi connectivity index (χ3n) is 2.52. The molecule has 1 amide bonds. The van der Waals surface area contributed by atoms with Crippen molar-refractivity contribution in [3.8, 4) is 0 Å². The van der Waals surface area contributed by atoms with Crippen molar-refractivity contribution in [2.75, 3.05) is 0 Å². The van der Waals surface area contributed by atoms with E-state index in [9.17, 15) is 4.79 Å². The minimum Gasteiger partial charge on any atom is -0.349 e. The number of rotatable bonds is 5. The topological polar surface area (TPSA) is 54.9 Å². The molecule has 6 heteroatoms. The number of amides is 1. The van der Waals surface area contributed by atoms with Gasteiger partial charge in [-0.2, -0.15) is 0 Å². The Labute approximate surface area is 117 Å². The largest absolute Gasteiger partial charge is 0.349 e. The highest BCUT2D eigenvalue weighted by molar-refractivity contribution is 6.34. The normalized spacial score (nSPS) is 12.6. The molecule has 0 spiro atoms. The number of nitrogens with zero attached hydrogens (tertiary/aromatic N) is 2. The van der Waals surface area contributed by atoms with Crippen LogP contribution >= 0.6 is 23.2 Å². The standard InChI is InChI=1S/C12H17Cl2N3O/c1-7(2)4-5-8(3)15-12(18)9-6-10(13)16-17-11(9)14/h6-8H,4-5H2,1-3H3,(H,15,18). The van der Waals surface area contributed by atoms with Gasteiger partial charge in [-0.25, -0.2) is 0 Å². The molecule has 4 nitrogen and oxygen atoms in total. The van der Waals surface area contributed by atoms with Crippen molar-refractivity contribution in [3.63, 3.8) is 0 Å². The average Bonchev–Trinajstić information content (AvgIpc) is 2.29. The van der Waals surface area contributed by atoms with Crippen LogP contribution < -0.4 is 5.32 Å². The number of carbonyl (C=O) groups is 1. The minimum absolute atomic E-state index is 0.0629. The van der Waals surface area contributed by atoms with Gasteiger partial charge in [-0.15, -0.1) is 10.2 Å². The number of hydrogen-bond donors (Lipinski definition) is 1. The Balaban J connectivity index is 2.62. The molecule has 1 unspecified atom stereocenters. The average molecular weight is 290 g/mol. The summed E-state index contributed by atoms with van der Waals surface area (Å²) in [5.41, 5.74) is 0.257. The van der Waals surface area contributed by atoms with Gasteiger partial charge < -0.3 is 5.32 Å². The molecule has 0 radical (unpaired) electrons. The van der Waals surface area contributed by atoms with E-state index in [2.05, 4.69) is 29.4 Å². The van der Waals surface area contributed by atoms with E-state index in [0.29, 0.717) is 5.92 Å². The molecule has 0 aliphatic carbocycles. The lowest BCUT2D eigenvalue weighted by Crippen LogP contribution is -2.33. The third kappa shape index (κ3) is 4.78. The molecule has 0 aliphatic heterocycles. The van der Waals surface area contributed by atoms with Crippen LogP contribution in [0, 0.1) is 5.92 Å². The van der Waals surface area contributed by atoms with Crippen molar-refractivity contribution in [2.45, 2.75) is 39.7 Å². The van der Waals surface area contributed by atoms with E-state index in [1.165, 1.54) is 6.07 Å². The van der Waals surface area contributed by atoms with Gasteiger partial charge in [0.2, 0.25) is 0 Å². The van der Waals surface area contributed by atoms with Crippen LogP contribution in [0.2, 0.25) is 10.3 Å². The highest BCUT2D eigenvalue weighted by Crippen LogP contribution is 2.15. The summed E-state index contributed by atoms with van der Waals surface area (Å²) in [6, 6.07) is 1.50. The second-order valence-corrected chi connectivity index (χ2v) is 5.46. The number of nitrogens with one attached hydrogen (secondary N) is 1. The predicted octanol–water partition coefficient (Wildman–Crippen LogP) is 3.34. The van der Waals surface area contributed by atoms with Crippen LogP contribution in [0.4, 0.5) is 0 Å². The van der Waals surface area contributed by atoms with Crippen LogP contribution in [0.5, 0.6) is 0 Å². The molecular weight excluding hydrogens is 273 g/mol. The lowest BCUT2D eigenvalue weighted by Gasteiger charge is -2.15. The van der Waals surface area contributed by atoms with E-state index in [-0.39, 0.29) is 27.8 Å². The molecule has 18 heavy (non-hydrogen) atoms. The van der Waals surface area contributed by atoms with Crippen molar-refractivity contribution in [2.24, 2.45) is 5.92 Å². The van der Waals surface area contributed by atoms with E-state index < -0.39 is 0 Å². The Bertz CT molecular complexity index is 424. The predicted molar refractivity (Wildman–Crippen MR) is 73.1 cm³/mol. The van der Waals surface area contributed by atoms with Crippen LogP contribution in [0.3, 0.4) is 0 Å². The van der Waals surface area contributed by atoms with E-state index in [1.807, 2.05) is 6.92 Å². The van der Waals surface area contributed by atoms with Gasteiger partial charge in [0.15, 0.2) is 10.3 Å². The molecule has 1 heterocycles. The van der Waals surface area contributed by atoms with Crippen molar-refractivity contribution in [3.05, 3.63) is 21.9 Å². The molecular formula is C12H17Cl2N3O. The van der Waals surface area contributed by atoms with Crippen molar-refractivity contribution in [1.29, 1.82) is 0 Å². The second kappa shape index (κ2) is 6.90. The molecule has 0 fully saturated rings. The SMILES string of the molecule is CC(C)CCC(C)NC(=O)c1cc(Cl)nnc1Cl. The fraction of sp³-hybridized carbons (Fsp3) is 0.583. The summed E-state index contributed by atoms with van der Waals surface area (Å²) >= 11 is 11.5. The minimum atomic E-state index is -0.270. The summed E-state index contributed by atoms with van der Waals surface area (Å²) in [5, 5.41) is 10.3. The van der Waals surface area contributed by atoms with Gasteiger partial charge in [-0.3, -0.25) is 4.79 Å². The Hall–Kier alpha value is -0.870. The summed E-state index contributed by atoms with van der Waals surface area (Å²) in [7, 11) is 0. The van der Waals surface area contributed by atoms with E-state index in [1.54, 1.807) is 0 Å². The van der Waals surface area contributed by atoms with Crippen molar-refractivity contribution >= 4 is 29.1 Å². The van der Waals surface area contributed by atoms with Crippen LogP contribution in [0.25, 0.3) is 0 Å². The molecule has 0 bridgehead atoms. The van der Waals surface area contributed by atoms with Gasteiger partial charge in [-0.1, -0.05) is 37.0 Å².